The van der Waals surface area contributed by atoms with Crippen molar-refractivity contribution in [1.29, 1.82) is 0 Å². The summed E-state index contributed by atoms with van der Waals surface area (Å²) in [4.78, 5) is 12.4. The molecule has 1 atom stereocenters. The number of ether oxygens (including phenoxy) is 1. The van der Waals surface area contributed by atoms with E-state index >= 15 is 0 Å². The first kappa shape index (κ1) is 16.9. The van der Waals surface area contributed by atoms with E-state index < -0.39 is 0 Å². The van der Waals surface area contributed by atoms with Crippen LogP contribution in [0.2, 0.25) is 0 Å². The van der Waals surface area contributed by atoms with Crippen LogP contribution < -0.4 is 10.6 Å². The molecule has 0 radical (unpaired) electrons. The van der Waals surface area contributed by atoms with Crippen LogP contribution in [0.15, 0.2) is 24.3 Å². The van der Waals surface area contributed by atoms with Crippen molar-refractivity contribution in [2.75, 3.05) is 33.4 Å². The van der Waals surface area contributed by atoms with E-state index in [0.717, 1.165) is 25.9 Å². The third-order valence-corrected chi connectivity index (χ3v) is 4.49. The molecule has 4 nitrogen and oxygen atoms in total. The molecule has 1 aliphatic heterocycles. The van der Waals surface area contributed by atoms with Crippen molar-refractivity contribution >= 4 is 5.91 Å². The first-order valence-corrected chi connectivity index (χ1v) is 7.79. The molecule has 0 aromatic heterocycles. The lowest BCUT2D eigenvalue weighted by Crippen LogP contribution is -2.47. The van der Waals surface area contributed by atoms with Gasteiger partial charge in [-0.3, -0.25) is 4.79 Å². The Balaban J connectivity index is 1.95. The summed E-state index contributed by atoms with van der Waals surface area (Å²) >= 11 is 0. The molecule has 1 heterocycles. The second-order valence-electron chi connectivity index (χ2n) is 6.18. The number of halogens is 1. The van der Waals surface area contributed by atoms with Crippen LogP contribution in [0.3, 0.4) is 0 Å². The summed E-state index contributed by atoms with van der Waals surface area (Å²) < 4.78 is 18.6. The zero-order valence-electron chi connectivity index (χ0n) is 13.3. The molecule has 2 rings (SSSR count). The number of benzene rings is 1. The molecule has 1 aliphatic rings. The van der Waals surface area contributed by atoms with Gasteiger partial charge in [0.25, 0.3) is 0 Å². The zero-order valence-corrected chi connectivity index (χ0v) is 13.3. The monoisotopic (exact) mass is 308 g/mol. The summed E-state index contributed by atoms with van der Waals surface area (Å²) in [7, 11) is 1.70. The molecule has 1 saturated heterocycles. The third-order valence-electron chi connectivity index (χ3n) is 4.49. The van der Waals surface area contributed by atoms with Gasteiger partial charge in [0.05, 0.1) is 12.5 Å². The van der Waals surface area contributed by atoms with Crippen LogP contribution in [0.4, 0.5) is 4.39 Å². The molecule has 1 aromatic rings. The topological polar surface area (TPSA) is 50.4 Å². The van der Waals surface area contributed by atoms with Crippen LogP contribution >= 0.6 is 0 Å². The van der Waals surface area contributed by atoms with Crippen LogP contribution in [0.25, 0.3) is 0 Å². The van der Waals surface area contributed by atoms with E-state index in [-0.39, 0.29) is 23.1 Å². The lowest BCUT2D eigenvalue weighted by atomic mass is 9.79. The van der Waals surface area contributed by atoms with E-state index in [1.54, 1.807) is 26.2 Å². The summed E-state index contributed by atoms with van der Waals surface area (Å²) in [5.41, 5.74) is 0.695. The first-order chi connectivity index (χ1) is 10.6. The quantitative estimate of drug-likeness (QED) is 0.846. The maximum absolute atomic E-state index is 13.3. The van der Waals surface area contributed by atoms with Crippen molar-refractivity contribution < 1.29 is 13.9 Å². The highest BCUT2D eigenvalue weighted by molar-refractivity contribution is 5.83. The van der Waals surface area contributed by atoms with Crippen molar-refractivity contribution in [3.8, 4) is 0 Å². The Morgan fingerprint density at radius 2 is 2.18 bits per heavy atom. The molecule has 1 amide bonds. The van der Waals surface area contributed by atoms with Gasteiger partial charge in [-0.25, -0.2) is 4.39 Å². The Labute approximate surface area is 131 Å². The number of carbonyl (C=O) groups excluding carboxylic acids is 1. The van der Waals surface area contributed by atoms with Gasteiger partial charge < -0.3 is 15.4 Å². The van der Waals surface area contributed by atoms with Gasteiger partial charge in [0.1, 0.15) is 5.82 Å². The number of hydrogen-bond donors (Lipinski definition) is 2. The maximum atomic E-state index is 13.3. The summed E-state index contributed by atoms with van der Waals surface area (Å²) in [6, 6.07) is 6.22. The van der Waals surface area contributed by atoms with Gasteiger partial charge in [0, 0.05) is 19.1 Å². The lowest BCUT2D eigenvalue weighted by Gasteiger charge is -2.37. The summed E-state index contributed by atoms with van der Waals surface area (Å²) in [5, 5.41) is 6.36. The summed E-state index contributed by atoms with van der Waals surface area (Å²) in [6.07, 6.45) is 1.96. The van der Waals surface area contributed by atoms with Gasteiger partial charge in [-0.2, -0.15) is 0 Å². The molecule has 1 unspecified atom stereocenters. The van der Waals surface area contributed by atoms with Gasteiger partial charge in [-0.15, -0.1) is 0 Å². The first-order valence-electron chi connectivity index (χ1n) is 7.79. The van der Waals surface area contributed by atoms with Crippen molar-refractivity contribution in [3.63, 3.8) is 0 Å². The molecule has 0 bridgehead atoms. The van der Waals surface area contributed by atoms with Gasteiger partial charge in [0.15, 0.2) is 0 Å². The molecule has 1 aromatic carbocycles. The molecule has 2 N–H and O–H groups in total. The van der Waals surface area contributed by atoms with Crippen LogP contribution in [0.5, 0.6) is 0 Å². The SMILES string of the molecule is COCC1(CNC(=O)C(C)c2cccc(F)c2)CCNCC1. The molecule has 1 fully saturated rings. The largest absolute Gasteiger partial charge is 0.384 e. The van der Waals surface area contributed by atoms with Crippen LogP contribution in [-0.4, -0.2) is 39.3 Å². The van der Waals surface area contributed by atoms with Gasteiger partial charge in [-0.05, 0) is 50.6 Å². The number of methoxy groups -OCH3 is 1. The number of hydrogen-bond acceptors (Lipinski definition) is 3. The summed E-state index contributed by atoms with van der Waals surface area (Å²) in [5.74, 6) is -0.747. The fraction of sp³-hybridized carbons (Fsp3) is 0.588. The molecular weight excluding hydrogens is 283 g/mol. The van der Waals surface area contributed by atoms with E-state index in [1.807, 2.05) is 0 Å². The Morgan fingerprint density at radius 3 is 2.82 bits per heavy atom. The molecule has 0 spiro atoms. The molecule has 22 heavy (non-hydrogen) atoms. The fourth-order valence-corrected chi connectivity index (χ4v) is 2.99. The molecule has 0 saturated carbocycles. The number of rotatable bonds is 6. The molecule has 0 aliphatic carbocycles. The number of nitrogens with one attached hydrogen (secondary N) is 2. The maximum Gasteiger partial charge on any atom is 0.227 e. The standard InChI is InChI=1S/C17H25FN2O2/c1-13(14-4-3-5-15(18)10-14)16(21)20-11-17(12-22-2)6-8-19-9-7-17/h3-5,10,13,19H,6-9,11-12H2,1-2H3,(H,20,21). The van der Waals surface area contributed by atoms with Gasteiger partial charge in [-0.1, -0.05) is 12.1 Å². The van der Waals surface area contributed by atoms with Crippen molar-refractivity contribution in [2.24, 2.45) is 5.41 Å². The molecular formula is C17H25FN2O2. The highest BCUT2D eigenvalue weighted by atomic mass is 19.1. The third kappa shape index (κ3) is 4.27. The number of amides is 1. The molecule has 122 valence electrons. The predicted octanol–water partition coefficient (Wildman–Crippen LogP) is 2.06. The van der Waals surface area contributed by atoms with Crippen LogP contribution in [-0.2, 0) is 9.53 Å². The normalized spacial score (nSPS) is 18.7. The van der Waals surface area contributed by atoms with Gasteiger partial charge >= 0.3 is 0 Å². The van der Waals surface area contributed by atoms with Gasteiger partial charge in [0.2, 0.25) is 5.91 Å². The number of carbonyl (C=O) groups is 1. The highest BCUT2D eigenvalue weighted by Crippen LogP contribution is 2.28. The second kappa shape index (κ2) is 7.70. The Hall–Kier alpha value is -1.46. The Morgan fingerprint density at radius 1 is 1.45 bits per heavy atom. The highest BCUT2D eigenvalue weighted by Gasteiger charge is 2.33. The van der Waals surface area contributed by atoms with Crippen LogP contribution in [0.1, 0.15) is 31.2 Å². The van der Waals surface area contributed by atoms with E-state index in [2.05, 4.69) is 10.6 Å². The second-order valence-corrected chi connectivity index (χ2v) is 6.18. The minimum absolute atomic E-state index is 0.00266. The van der Waals surface area contributed by atoms with Crippen molar-refractivity contribution in [3.05, 3.63) is 35.6 Å². The minimum atomic E-state index is -0.364. The van der Waals surface area contributed by atoms with Crippen LogP contribution in [0, 0.1) is 11.2 Å². The average molecular weight is 308 g/mol. The fourth-order valence-electron chi connectivity index (χ4n) is 2.99. The summed E-state index contributed by atoms with van der Waals surface area (Å²) in [6.45, 7) is 4.93. The zero-order chi connectivity index (χ0) is 16.0. The lowest BCUT2D eigenvalue weighted by molar-refractivity contribution is -0.123. The number of piperidine rings is 1. The van der Waals surface area contributed by atoms with E-state index in [1.165, 1.54) is 12.1 Å². The van der Waals surface area contributed by atoms with Crippen molar-refractivity contribution in [2.45, 2.75) is 25.7 Å². The van der Waals surface area contributed by atoms with Crippen molar-refractivity contribution in [1.82, 2.24) is 10.6 Å². The minimum Gasteiger partial charge on any atom is -0.384 e. The van der Waals surface area contributed by atoms with E-state index in [0.29, 0.717) is 18.7 Å². The van der Waals surface area contributed by atoms with E-state index in [9.17, 15) is 9.18 Å². The smallest absolute Gasteiger partial charge is 0.227 e. The average Bonchev–Trinajstić information content (AvgIpc) is 2.53. The predicted molar refractivity (Wildman–Crippen MR) is 84.2 cm³/mol. The van der Waals surface area contributed by atoms with E-state index in [4.69, 9.17) is 4.74 Å². The Kier molecular flexibility index (Phi) is 5.91. The molecule has 5 heteroatoms. The Bertz CT molecular complexity index is 496.